The molecule has 1 aliphatic rings. The van der Waals surface area contributed by atoms with Crippen molar-refractivity contribution in [3.63, 3.8) is 0 Å². The maximum absolute atomic E-state index is 13.2. The molecule has 2 aromatic carbocycles. The molecule has 0 unspecified atom stereocenters. The van der Waals surface area contributed by atoms with Crippen LogP contribution in [0.1, 0.15) is 22.3 Å². The molecule has 4 rings (SSSR count). The zero-order valence-corrected chi connectivity index (χ0v) is 16.3. The van der Waals surface area contributed by atoms with E-state index in [2.05, 4.69) is 4.98 Å². The van der Waals surface area contributed by atoms with Crippen molar-refractivity contribution >= 4 is 11.9 Å². The molecule has 0 saturated carbocycles. The van der Waals surface area contributed by atoms with Gasteiger partial charge in [0.05, 0.1) is 20.8 Å². The summed E-state index contributed by atoms with van der Waals surface area (Å²) in [6, 6.07) is 15.5. The number of benzene rings is 2. The molecule has 2 heterocycles. The van der Waals surface area contributed by atoms with Crippen LogP contribution in [0.15, 0.2) is 66.5 Å². The van der Waals surface area contributed by atoms with Crippen molar-refractivity contribution < 1.29 is 19.0 Å². The van der Waals surface area contributed by atoms with Gasteiger partial charge in [-0.3, -0.25) is 9.78 Å². The van der Waals surface area contributed by atoms with Crippen LogP contribution < -0.4 is 14.2 Å². The Kier molecular flexibility index (Phi) is 5.29. The minimum Gasteiger partial charge on any atom is -0.496 e. The summed E-state index contributed by atoms with van der Waals surface area (Å²) in [5.41, 5.74) is 4.28. The highest BCUT2D eigenvalue weighted by Gasteiger charge is 2.26. The average molecular weight is 387 g/mol. The van der Waals surface area contributed by atoms with E-state index in [0.29, 0.717) is 41.4 Å². The molecular formula is C24H21NO4. The Morgan fingerprint density at radius 1 is 0.966 bits per heavy atom. The summed E-state index contributed by atoms with van der Waals surface area (Å²) in [6.45, 7) is 0.413. The van der Waals surface area contributed by atoms with Crippen molar-refractivity contribution in [3.05, 3.63) is 77.6 Å². The lowest BCUT2D eigenvalue weighted by Gasteiger charge is -2.12. The molecule has 0 saturated heterocycles. The number of carbonyl (C=O) groups excluding carboxylic acids is 1. The van der Waals surface area contributed by atoms with E-state index in [1.54, 1.807) is 31.6 Å². The molecule has 0 N–H and O–H groups in total. The van der Waals surface area contributed by atoms with Gasteiger partial charge in [0.15, 0.2) is 5.78 Å². The van der Waals surface area contributed by atoms with E-state index in [4.69, 9.17) is 14.2 Å². The number of fused-ring (bicyclic) bond motifs is 1. The van der Waals surface area contributed by atoms with Gasteiger partial charge in [0.1, 0.15) is 22.8 Å². The fourth-order valence-electron chi connectivity index (χ4n) is 3.38. The first-order valence-electron chi connectivity index (χ1n) is 9.34. The number of hydrogen-bond donors (Lipinski definition) is 0. The Hall–Kier alpha value is -3.60. The predicted molar refractivity (Wildman–Crippen MR) is 112 cm³/mol. The van der Waals surface area contributed by atoms with Crippen molar-refractivity contribution in [1.82, 2.24) is 4.98 Å². The summed E-state index contributed by atoms with van der Waals surface area (Å²) in [4.78, 5) is 17.3. The van der Waals surface area contributed by atoms with Crippen LogP contribution in [0.2, 0.25) is 0 Å². The Balaban J connectivity index is 1.67. The minimum atomic E-state index is -0.0878. The van der Waals surface area contributed by atoms with Crippen LogP contribution in [0.4, 0.5) is 0 Å². The van der Waals surface area contributed by atoms with Gasteiger partial charge in [0.2, 0.25) is 0 Å². The first-order chi connectivity index (χ1) is 14.2. The van der Waals surface area contributed by atoms with Crippen LogP contribution in [-0.2, 0) is 0 Å². The first kappa shape index (κ1) is 18.7. The number of nitrogens with zero attached hydrogens (tertiary/aromatic N) is 1. The second kappa shape index (κ2) is 8.19. The standard InChI is InChI=1S/C24H21NO4/c1-27-20-14-21(28-2)23-22(15-20)29-12-9-19(24(23)26)13-16-3-5-17(6-4-16)18-7-10-25-11-8-18/h3-8,10-11,13-15H,9,12H2,1-2H3/b19-13+. The maximum Gasteiger partial charge on any atom is 0.196 e. The first-order valence-corrected chi connectivity index (χ1v) is 9.34. The minimum absolute atomic E-state index is 0.0878. The molecule has 0 fully saturated rings. The zero-order chi connectivity index (χ0) is 20.2. The van der Waals surface area contributed by atoms with Crippen molar-refractivity contribution in [2.24, 2.45) is 0 Å². The van der Waals surface area contributed by atoms with Gasteiger partial charge in [-0.25, -0.2) is 0 Å². The second-order valence-electron chi connectivity index (χ2n) is 6.66. The summed E-state index contributed by atoms with van der Waals surface area (Å²) < 4.78 is 16.5. The molecule has 5 heteroatoms. The van der Waals surface area contributed by atoms with Crippen molar-refractivity contribution in [2.45, 2.75) is 6.42 Å². The number of pyridine rings is 1. The van der Waals surface area contributed by atoms with Gasteiger partial charge in [-0.05, 0) is 34.9 Å². The second-order valence-corrected chi connectivity index (χ2v) is 6.66. The van der Waals surface area contributed by atoms with E-state index in [0.717, 1.165) is 16.7 Å². The Morgan fingerprint density at radius 2 is 1.69 bits per heavy atom. The van der Waals surface area contributed by atoms with Gasteiger partial charge < -0.3 is 14.2 Å². The van der Waals surface area contributed by atoms with Crippen LogP contribution in [0.25, 0.3) is 17.2 Å². The number of rotatable bonds is 4. The molecule has 5 nitrogen and oxygen atoms in total. The molecule has 1 aromatic heterocycles. The zero-order valence-electron chi connectivity index (χ0n) is 16.3. The summed E-state index contributed by atoms with van der Waals surface area (Å²) >= 11 is 0. The fourth-order valence-corrected chi connectivity index (χ4v) is 3.38. The SMILES string of the molecule is COc1cc(OC)c2c(c1)OCC/C(=C\c1ccc(-c3ccncc3)cc1)C2=O. The van der Waals surface area contributed by atoms with E-state index in [1.165, 1.54) is 7.11 Å². The molecule has 0 spiro atoms. The molecule has 3 aromatic rings. The van der Waals surface area contributed by atoms with Gasteiger partial charge >= 0.3 is 0 Å². The molecular weight excluding hydrogens is 366 g/mol. The quantitative estimate of drug-likeness (QED) is 0.601. The summed E-state index contributed by atoms with van der Waals surface area (Å²) in [5, 5.41) is 0. The van der Waals surface area contributed by atoms with E-state index in [9.17, 15) is 4.79 Å². The lowest BCUT2D eigenvalue weighted by Crippen LogP contribution is -2.05. The Bertz CT molecular complexity index is 1060. The van der Waals surface area contributed by atoms with Crippen molar-refractivity contribution in [3.8, 4) is 28.4 Å². The highest BCUT2D eigenvalue weighted by Crippen LogP contribution is 2.38. The summed E-state index contributed by atoms with van der Waals surface area (Å²) in [6.07, 6.45) is 5.98. The van der Waals surface area contributed by atoms with Gasteiger partial charge in [-0.2, -0.15) is 0 Å². The highest BCUT2D eigenvalue weighted by molar-refractivity contribution is 6.15. The Labute approximate surface area is 169 Å². The van der Waals surface area contributed by atoms with Gasteiger partial charge in [0.25, 0.3) is 0 Å². The number of ether oxygens (including phenoxy) is 3. The monoisotopic (exact) mass is 387 g/mol. The number of carbonyl (C=O) groups is 1. The molecule has 0 aliphatic carbocycles. The van der Waals surface area contributed by atoms with E-state index >= 15 is 0 Å². The largest absolute Gasteiger partial charge is 0.496 e. The summed E-state index contributed by atoms with van der Waals surface area (Å²) in [7, 11) is 3.11. The lowest BCUT2D eigenvalue weighted by molar-refractivity contribution is 0.103. The molecule has 0 atom stereocenters. The van der Waals surface area contributed by atoms with Crippen LogP contribution in [0, 0.1) is 0 Å². The molecule has 146 valence electrons. The number of ketones is 1. The van der Waals surface area contributed by atoms with Gasteiger partial charge in [-0.1, -0.05) is 24.3 Å². The normalized spacial score (nSPS) is 14.7. The van der Waals surface area contributed by atoms with Crippen LogP contribution >= 0.6 is 0 Å². The van der Waals surface area contributed by atoms with Gasteiger partial charge in [-0.15, -0.1) is 0 Å². The molecule has 1 aliphatic heterocycles. The van der Waals surface area contributed by atoms with Crippen molar-refractivity contribution in [1.29, 1.82) is 0 Å². The average Bonchev–Trinajstić information content (AvgIpc) is 2.93. The lowest BCUT2D eigenvalue weighted by atomic mass is 9.97. The maximum atomic E-state index is 13.2. The molecule has 29 heavy (non-hydrogen) atoms. The third kappa shape index (κ3) is 3.85. The molecule has 0 radical (unpaired) electrons. The van der Waals surface area contributed by atoms with Crippen LogP contribution in [-0.4, -0.2) is 31.6 Å². The van der Waals surface area contributed by atoms with E-state index < -0.39 is 0 Å². The van der Waals surface area contributed by atoms with E-state index in [1.807, 2.05) is 42.5 Å². The molecule has 0 amide bonds. The van der Waals surface area contributed by atoms with Crippen LogP contribution in [0.5, 0.6) is 17.2 Å². The number of aromatic nitrogens is 1. The van der Waals surface area contributed by atoms with Crippen LogP contribution in [0.3, 0.4) is 0 Å². The summed E-state index contributed by atoms with van der Waals surface area (Å²) in [5.74, 6) is 1.44. The van der Waals surface area contributed by atoms with E-state index in [-0.39, 0.29) is 5.78 Å². The smallest absolute Gasteiger partial charge is 0.196 e. The molecule has 0 bridgehead atoms. The Morgan fingerprint density at radius 3 is 2.38 bits per heavy atom. The fraction of sp³-hybridized carbons (Fsp3) is 0.167. The topological polar surface area (TPSA) is 57.6 Å². The third-order valence-electron chi connectivity index (χ3n) is 4.91. The number of methoxy groups -OCH3 is 2. The predicted octanol–water partition coefficient (Wildman–Crippen LogP) is 4.81. The number of hydrogen-bond acceptors (Lipinski definition) is 5. The number of Topliss-reactive ketones (excluding diaryl/α,β-unsaturated/α-hetero) is 1. The van der Waals surface area contributed by atoms with Crippen molar-refractivity contribution in [2.75, 3.05) is 20.8 Å². The van der Waals surface area contributed by atoms with Gasteiger partial charge in [0, 0.05) is 36.5 Å². The third-order valence-corrected chi connectivity index (χ3v) is 4.91. The highest BCUT2D eigenvalue weighted by atomic mass is 16.5.